The van der Waals surface area contributed by atoms with Gasteiger partial charge in [0, 0.05) is 6.54 Å². The highest BCUT2D eigenvalue weighted by Crippen LogP contribution is 2.21. The zero-order chi connectivity index (χ0) is 12.3. The molecule has 0 aliphatic carbocycles. The summed E-state index contributed by atoms with van der Waals surface area (Å²) in [4.78, 5) is 11.1. The normalized spacial score (nSPS) is 10.3. The Morgan fingerprint density at radius 2 is 1.69 bits per heavy atom. The number of carbonyl (C=O) groups is 1. The summed E-state index contributed by atoms with van der Waals surface area (Å²) < 4.78 is 0. The van der Waals surface area contributed by atoms with Gasteiger partial charge in [0.05, 0.1) is 0 Å². The number of alkyl halides is 1. The van der Waals surface area contributed by atoms with Crippen molar-refractivity contribution in [2.45, 2.75) is 34.2 Å². The van der Waals surface area contributed by atoms with Crippen LogP contribution in [0, 0.1) is 27.7 Å². The molecular weight excluding hydrogens is 222 g/mol. The predicted octanol–water partition coefficient (Wildman–Crippen LogP) is 2.78. The lowest BCUT2D eigenvalue weighted by Crippen LogP contribution is -2.24. The van der Waals surface area contributed by atoms with Crippen molar-refractivity contribution >= 4 is 17.5 Å². The fourth-order valence-electron chi connectivity index (χ4n) is 1.80. The van der Waals surface area contributed by atoms with Crippen LogP contribution in [0.1, 0.15) is 27.8 Å². The van der Waals surface area contributed by atoms with Crippen molar-refractivity contribution in [3.05, 3.63) is 33.9 Å². The molecule has 16 heavy (non-hydrogen) atoms. The van der Waals surface area contributed by atoms with Crippen LogP contribution in [-0.4, -0.2) is 11.8 Å². The predicted molar refractivity (Wildman–Crippen MR) is 68.0 cm³/mol. The molecule has 2 nitrogen and oxygen atoms in total. The Kier molecular flexibility index (Phi) is 4.36. The van der Waals surface area contributed by atoms with E-state index in [2.05, 4.69) is 39.1 Å². The molecule has 0 heterocycles. The summed E-state index contributed by atoms with van der Waals surface area (Å²) in [7, 11) is 0. The van der Waals surface area contributed by atoms with Crippen molar-refractivity contribution in [2.24, 2.45) is 0 Å². The third-order valence-electron chi connectivity index (χ3n) is 3.11. The van der Waals surface area contributed by atoms with Crippen LogP contribution < -0.4 is 5.32 Å². The zero-order valence-corrected chi connectivity index (χ0v) is 11.0. The van der Waals surface area contributed by atoms with Gasteiger partial charge in [-0.25, -0.2) is 0 Å². The van der Waals surface area contributed by atoms with Gasteiger partial charge in [0.1, 0.15) is 5.88 Å². The maximum Gasteiger partial charge on any atom is 0.235 e. The average Bonchev–Trinajstić information content (AvgIpc) is 2.26. The Labute approximate surface area is 102 Å². The third-order valence-corrected chi connectivity index (χ3v) is 3.35. The molecule has 0 aromatic heterocycles. The SMILES string of the molecule is Cc1cc(C)c(C)c(CNC(=O)CCl)c1C. The van der Waals surface area contributed by atoms with E-state index in [4.69, 9.17) is 11.6 Å². The van der Waals surface area contributed by atoms with Crippen molar-refractivity contribution in [3.8, 4) is 0 Å². The van der Waals surface area contributed by atoms with Gasteiger partial charge < -0.3 is 5.32 Å². The van der Waals surface area contributed by atoms with Crippen LogP contribution in [0.15, 0.2) is 6.07 Å². The Balaban J connectivity index is 2.99. The maximum absolute atomic E-state index is 11.1. The quantitative estimate of drug-likeness (QED) is 0.808. The first kappa shape index (κ1) is 13.0. The first-order chi connectivity index (χ1) is 7.47. The lowest BCUT2D eigenvalue weighted by atomic mass is 9.94. The molecule has 0 saturated carbocycles. The van der Waals surface area contributed by atoms with E-state index >= 15 is 0 Å². The van der Waals surface area contributed by atoms with Crippen molar-refractivity contribution in [1.82, 2.24) is 5.32 Å². The molecule has 88 valence electrons. The van der Waals surface area contributed by atoms with E-state index in [0.29, 0.717) is 6.54 Å². The van der Waals surface area contributed by atoms with E-state index in [9.17, 15) is 4.79 Å². The second-order valence-corrected chi connectivity index (χ2v) is 4.42. The molecule has 1 aromatic rings. The van der Waals surface area contributed by atoms with Crippen LogP contribution in [-0.2, 0) is 11.3 Å². The minimum atomic E-state index is -0.125. The highest BCUT2D eigenvalue weighted by Gasteiger charge is 2.09. The molecule has 3 heteroatoms. The third kappa shape index (κ3) is 2.76. The summed E-state index contributed by atoms with van der Waals surface area (Å²) in [5.41, 5.74) is 6.23. The van der Waals surface area contributed by atoms with Gasteiger partial charge in [-0.15, -0.1) is 11.6 Å². The van der Waals surface area contributed by atoms with E-state index in [0.717, 1.165) is 0 Å². The van der Waals surface area contributed by atoms with E-state index in [-0.39, 0.29) is 11.8 Å². The smallest absolute Gasteiger partial charge is 0.235 e. The van der Waals surface area contributed by atoms with Gasteiger partial charge in [-0.1, -0.05) is 6.07 Å². The molecule has 0 atom stereocenters. The summed E-state index contributed by atoms with van der Waals surface area (Å²) >= 11 is 5.45. The first-order valence-electron chi connectivity index (χ1n) is 5.36. The molecule has 1 aromatic carbocycles. The number of halogens is 1. The number of hydrogen-bond donors (Lipinski definition) is 1. The number of aryl methyl sites for hydroxylation is 2. The summed E-state index contributed by atoms with van der Waals surface area (Å²) in [6.07, 6.45) is 0. The van der Waals surface area contributed by atoms with Gasteiger partial charge in [-0.2, -0.15) is 0 Å². The Hall–Kier alpha value is -1.02. The lowest BCUT2D eigenvalue weighted by molar-refractivity contribution is -0.118. The molecule has 0 fully saturated rings. The van der Waals surface area contributed by atoms with Crippen molar-refractivity contribution in [2.75, 3.05) is 5.88 Å². The van der Waals surface area contributed by atoms with Crippen LogP contribution in [0.5, 0.6) is 0 Å². The maximum atomic E-state index is 11.1. The van der Waals surface area contributed by atoms with Crippen LogP contribution in [0.2, 0.25) is 0 Å². The van der Waals surface area contributed by atoms with E-state index in [1.54, 1.807) is 0 Å². The molecule has 0 aliphatic rings. The van der Waals surface area contributed by atoms with Gasteiger partial charge in [-0.05, 0) is 55.5 Å². The first-order valence-corrected chi connectivity index (χ1v) is 5.89. The van der Waals surface area contributed by atoms with Crippen LogP contribution >= 0.6 is 11.6 Å². The molecule has 1 amide bonds. The van der Waals surface area contributed by atoms with Gasteiger partial charge in [0.25, 0.3) is 0 Å². The summed E-state index contributed by atoms with van der Waals surface area (Å²) in [5.74, 6) is -0.109. The number of nitrogens with one attached hydrogen (secondary N) is 1. The molecule has 0 unspecified atom stereocenters. The molecule has 1 rings (SSSR count). The fourth-order valence-corrected chi connectivity index (χ4v) is 1.89. The molecular formula is C13H18ClNO. The Morgan fingerprint density at radius 1 is 1.19 bits per heavy atom. The molecule has 0 radical (unpaired) electrons. The highest BCUT2D eigenvalue weighted by atomic mass is 35.5. The van der Waals surface area contributed by atoms with E-state index in [1.807, 2.05) is 0 Å². The molecule has 0 bridgehead atoms. The van der Waals surface area contributed by atoms with E-state index < -0.39 is 0 Å². The largest absolute Gasteiger partial charge is 0.351 e. The number of benzene rings is 1. The van der Waals surface area contributed by atoms with Crippen LogP contribution in [0.4, 0.5) is 0 Å². The summed E-state index contributed by atoms with van der Waals surface area (Å²) in [5, 5.41) is 2.81. The van der Waals surface area contributed by atoms with Gasteiger partial charge in [-0.3, -0.25) is 4.79 Å². The molecule has 0 spiro atoms. The number of rotatable bonds is 3. The zero-order valence-electron chi connectivity index (χ0n) is 10.3. The minimum Gasteiger partial charge on any atom is -0.351 e. The van der Waals surface area contributed by atoms with Crippen LogP contribution in [0.3, 0.4) is 0 Å². The molecule has 0 aliphatic heterocycles. The summed E-state index contributed by atoms with van der Waals surface area (Å²) in [6, 6.07) is 2.18. The fraction of sp³-hybridized carbons (Fsp3) is 0.462. The number of hydrogen-bond acceptors (Lipinski definition) is 1. The molecule has 1 N–H and O–H groups in total. The monoisotopic (exact) mass is 239 g/mol. The molecule has 0 saturated heterocycles. The minimum absolute atomic E-state index is 0.0168. The van der Waals surface area contributed by atoms with Crippen LogP contribution in [0.25, 0.3) is 0 Å². The Bertz CT molecular complexity index is 387. The second-order valence-electron chi connectivity index (χ2n) is 4.15. The van der Waals surface area contributed by atoms with Gasteiger partial charge in [0.15, 0.2) is 0 Å². The van der Waals surface area contributed by atoms with E-state index in [1.165, 1.54) is 27.8 Å². The highest BCUT2D eigenvalue weighted by molar-refractivity contribution is 6.27. The Morgan fingerprint density at radius 3 is 2.12 bits per heavy atom. The standard InChI is InChI=1S/C13H18ClNO/c1-8-5-9(2)11(4)12(10(8)3)7-15-13(16)6-14/h5H,6-7H2,1-4H3,(H,15,16). The average molecular weight is 240 g/mol. The van der Waals surface area contributed by atoms with Crippen molar-refractivity contribution in [1.29, 1.82) is 0 Å². The van der Waals surface area contributed by atoms with Gasteiger partial charge in [0.2, 0.25) is 5.91 Å². The lowest BCUT2D eigenvalue weighted by Gasteiger charge is -2.15. The summed E-state index contributed by atoms with van der Waals surface area (Å²) in [6.45, 7) is 8.92. The van der Waals surface area contributed by atoms with Gasteiger partial charge >= 0.3 is 0 Å². The van der Waals surface area contributed by atoms with Crippen molar-refractivity contribution in [3.63, 3.8) is 0 Å². The number of carbonyl (C=O) groups excluding carboxylic acids is 1. The number of amides is 1. The second kappa shape index (κ2) is 5.35. The van der Waals surface area contributed by atoms with Crippen molar-refractivity contribution < 1.29 is 4.79 Å². The topological polar surface area (TPSA) is 29.1 Å².